The summed E-state index contributed by atoms with van der Waals surface area (Å²) in [6.45, 7) is 8.44. The molecule has 5 heteroatoms. The molecule has 1 rings (SSSR count). The van der Waals surface area contributed by atoms with Crippen LogP contribution in [0.4, 0.5) is 4.79 Å². The first-order valence-electron chi connectivity index (χ1n) is 8.30. The summed E-state index contributed by atoms with van der Waals surface area (Å²) < 4.78 is 10.8. The maximum atomic E-state index is 12.6. The summed E-state index contributed by atoms with van der Waals surface area (Å²) >= 11 is 0. The van der Waals surface area contributed by atoms with E-state index in [0.717, 1.165) is 23.8 Å². The van der Waals surface area contributed by atoms with Crippen molar-refractivity contribution in [1.82, 2.24) is 4.90 Å². The van der Waals surface area contributed by atoms with Crippen LogP contribution in [0.5, 0.6) is 0 Å². The quantitative estimate of drug-likeness (QED) is 0.681. The van der Waals surface area contributed by atoms with Crippen LogP contribution in [0, 0.1) is 0 Å². The number of rotatable bonds is 8. The number of methoxy groups -OCH3 is 1. The number of ether oxygens (including phenoxy) is 2. The van der Waals surface area contributed by atoms with E-state index >= 15 is 0 Å². The number of benzene rings is 1. The molecule has 0 heterocycles. The van der Waals surface area contributed by atoms with Crippen LogP contribution in [0.15, 0.2) is 24.3 Å². The van der Waals surface area contributed by atoms with E-state index in [1.165, 1.54) is 0 Å². The second kappa shape index (κ2) is 9.42. The number of carbonyl (C=O) groups excluding carboxylic acids is 2. The first kappa shape index (κ1) is 20.2. The number of aldehydes is 1. The van der Waals surface area contributed by atoms with Gasteiger partial charge in [-0.25, -0.2) is 4.79 Å². The first-order chi connectivity index (χ1) is 11.3. The monoisotopic (exact) mass is 335 g/mol. The summed E-state index contributed by atoms with van der Waals surface area (Å²) in [6.07, 6.45) is 1.66. The summed E-state index contributed by atoms with van der Waals surface area (Å²) in [7, 11) is 1.63. The molecule has 0 N–H and O–H groups in total. The van der Waals surface area contributed by atoms with Crippen molar-refractivity contribution in [3.63, 3.8) is 0 Å². The first-order valence-corrected chi connectivity index (χ1v) is 8.30. The van der Waals surface area contributed by atoms with Gasteiger partial charge in [0.05, 0.1) is 12.6 Å². The Labute approximate surface area is 144 Å². The van der Waals surface area contributed by atoms with E-state index in [1.807, 2.05) is 52.0 Å². The lowest BCUT2D eigenvalue weighted by Crippen LogP contribution is -2.44. The minimum Gasteiger partial charge on any atom is -0.444 e. The predicted octanol–water partition coefficient (Wildman–Crippen LogP) is 3.59. The standard InChI is InChI=1S/C19H29NO4/c1-6-17(14-23-5)20(18(22)24-19(2,3)4)13-16-9-7-8-15(12-16)10-11-21/h7-9,11-12,17H,6,10,13-14H2,1-5H3/t17-/m0/s1. The highest BCUT2D eigenvalue weighted by atomic mass is 16.6. The zero-order valence-electron chi connectivity index (χ0n) is 15.4. The minimum absolute atomic E-state index is 0.0698. The maximum absolute atomic E-state index is 12.6. The lowest BCUT2D eigenvalue weighted by Gasteiger charge is -2.33. The summed E-state index contributed by atoms with van der Waals surface area (Å²) in [6, 6.07) is 7.64. The van der Waals surface area contributed by atoms with Crippen molar-refractivity contribution in [3.8, 4) is 0 Å². The molecule has 134 valence electrons. The molecule has 0 spiro atoms. The fraction of sp³-hybridized carbons (Fsp3) is 0.579. The normalized spacial score (nSPS) is 12.5. The molecular formula is C19H29NO4. The molecule has 0 saturated carbocycles. The van der Waals surface area contributed by atoms with E-state index in [1.54, 1.807) is 12.0 Å². The van der Waals surface area contributed by atoms with Crippen LogP contribution in [0.2, 0.25) is 0 Å². The van der Waals surface area contributed by atoms with Crippen molar-refractivity contribution in [1.29, 1.82) is 0 Å². The molecule has 0 radical (unpaired) electrons. The van der Waals surface area contributed by atoms with Gasteiger partial charge in [-0.3, -0.25) is 4.90 Å². The zero-order valence-corrected chi connectivity index (χ0v) is 15.4. The Hall–Kier alpha value is -1.88. The number of hydrogen-bond donors (Lipinski definition) is 0. The van der Waals surface area contributed by atoms with Gasteiger partial charge in [-0.15, -0.1) is 0 Å². The SMILES string of the molecule is CC[C@@H](COC)N(Cc1cccc(CC=O)c1)C(=O)OC(C)(C)C. The second-order valence-corrected chi connectivity index (χ2v) is 6.82. The molecule has 0 aliphatic rings. The van der Waals surface area contributed by atoms with Crippen LogP contribution >= 0.6 is 0 Å². The number of hydrogen-bond acceptors (Lipinski definition) is 4. The Balaban J connectivity index is 3.01. The third-order valence-electron chi connectivity index (χ3n) is 3.56. The molecule has 0 bridgehead atoms. The van der Waals surface area contributed by atoms with Gasteiger partial charge in [0.2, 0.25) is 0 Å². The predicted molar refractivity (Wildman–Crippen MR) is 93.9 cm³/mol. The molecular weight excluding hydrogens is 306 g/mol. The molecule has 1 aromatic rings. The highest BCUT2D eigenvalue weighted by molar-refractivity contribution is 5.68. The number of carbonyl (C=O) groups is 2. The van der Waals surface area contributed by atoms with Crippen molar-refractivity contribution in [3.05, 3.63) is 35.4 Å². The Morgan fingerprint density at radius 2 is 1.96 bits per heavy atom. The largest absolute Gasteiger partial charge is 0.444 e. The third kappa shape index (κ3) is 6.71. The molecule has 0 aliphatic carbocycles. The van der Waals surface area contributed by atoms with E-state index in [0.29, 0.717) is 19.6 Å². The average molecular weight is 335 g/mol. The van der Waals surface area contributed by atoms with E-state index in [2.05, 4.69) is 0 Å². The van der Waals surface area contributed by atoms with Crippen LogP contribution in [-0.2, 0) is 27.2 Å². The molecule has 0 saturated heterocycles. The fourth-order valence-corrected chi connectivity index (χ4v) is 2.43. The van der Waals surface area contributed by atoms with Gasteiger partial charge in [0.15, 0.2) is 0 Å². The van der Waals surface area contributed by atoms with Gasteiger partial charge in [0, 0.05) is 20.1 Å². The van der Waals surface area contributed by atoms with E-state index in [9.17, 15) is 9.59 Å². The Kier molecular flexibility index (Phi) is 7.92. The molecule has 0 unspecified atom stereocenters. The molecule has 0 aliphatic heterocycles. The highest BCUT2D eigenvalue weighted by Crippen LogP contribution is 2.18. The lowest BCUT2D eigenvalue weighted by molar-refractivity contribution is -0.107. The van der Waals surface area contributed by atoms with Crippen molar-refractivity contribution in [2.45, 2.75) is 58.7 Å². The van der Waals surface area contributed by atoms with Crippen molar-refractivity contribution in [2.24, 2.45) is 0 Å². The van der Waals surface area contributed by atoms with Crippen molar-refractivity contribution in [2.75, 3.05) is 13.7 Å². The van der Waals surface area contributed by atoms with Gasteiger partial charge in [0.1, 0.15) is 11.9 Å². The number of amides is 1. The van der Waals surface area contributed by atoms with Gasteiger partial charge in [-0.1, -0.05) is 31.2 Å². The van der Waals surface area contributed by atoms with Gasteiger partial charge < -0.3 is 14.3 Å². The van der Waals surface area contributed by atoms with Crippen LogP contribution < -0.4 is 0 Å². The molecule has 5 nitrogen and oxygen atoms in total. The zero-order chi connectivity index (χ0) is 18.2. The van der Waals surface area contributed by atoms with Gasteiger partial charge in [-0.05, 0) is 38.3 Å². The third-order valence-corrected chi connectivity index (χ3v) is 3.56. The molecule has 24 heavy (non-hydrogen) atoms. The molecule has 0 aromatic heterocycles. The summed E-state index contributed by atoms with van der Waals surface area (Å²) in [4.78, 5) is 25.1. The summed E-state index contributed by atoms with van der Waals surface area (Å²) in [5, 5.41) is 0. The molecule has 1 amide bonds. The van der Waals surface area contributed by atoms with Gasteiger partial charge >= 0.3 is 6.09 Å². The topological polar surface area (TPSA) is 55.8 Å². The second-order valence-electron chi connectivity index (χ2n) is 6.82. The van der Waals surface area contributed by atoms with Gasteiger partial charge in [-0.2, -0.15) is 0 Å². The molecule has 1 aromatic carbocycles. The molecule has 1 atom stereocenters. The summed E-state index contributed by atoms with van der Waals surface area (Å²) in [5.74, 6) is 0. The van der Waals surface area contributed by atoms with Crippen LogP contribution in [0.3, 0.4) is 0 Å². The summed E-state index contributed by atoms with van der Waals surface area (Å²) in [5.41, 5.74) is 1.35. The van der Waals surface area contributed by atoms with Crippen LogP contribution in [0.25, 0.3) is 0 Å². The van der Waals surface area contributed by atoms with Crippen LogP contribution in [-0.4, -0.2) is 42.6 Å². The lowest BCUT2D eigenvalue weighted by atomic mass is 10.1. The Bertz CT molecular complexity index is 536. The fourth-order valence-electron chi connectivity index (χ4n) is 2.43. The number of nitrogens with zero attached hydrogens (tertiary/aromatic N) is 1. The van der Waals surface area contributed by atoms with Crippen molar-refractivity contribution >= 4 is 12.4 Å². The average Bonchev–Trinajstić information content (AvgIpc) is 2.49. The smallest absolute Gasteiger partial charge is 0.410 e. The minimum atomic E-state index is -0.555. The Morgan fingerprint density at radius 1 is 1.29 bits per heavy atom. The van der Waals surface area contributed by atoms with Crippen LogP contribution in [0.1, 0.15) is 45.2 Å². The van der Waals surface area contributed by atoms with E-state index < -0.39 is 5.60 Å². The van der Waals surface area contributed by atoms with Gasteiger partial charge in [0.25, 0.3) is 0 Å². The van der Waals surface area contributed by atoms with Crippen molar-refractivity contribution < 1.29 is 19.1 Å². The maximum Gasteiger partial charge on any atom is 0.410 e. The Morgan fingerprint density at radius 3 is 2.50 bits per heavy atom. The molecule has 0 fully saturated rings. The van der Waals surface area contributed by atoms with E-state index in [-0.39, 0.29) is 12.1 Å². The highest BCUT2D eigenvalue weighted by Gasteiger charge is 2.27. The van der Waals surface area contributed by atoms with E-state index in [4.69, 9.17) is 9.47 Å².